The molecular weight excluding hydrogens is 346 g/mol. The van der Waals surface area contributed by atoms with Crippen molar-refractivity contribution in [3.63, 3.8) is 0 Å². The molecule has 2 N–H and O–H groups in total. The molecule has 0 spiro atoms. The van der Waals surface area contributed by atoms with Crippen LogP contribution in [0.1, 0.15) is 42.5 Å². The first-order valence-electron chi connectivity index (χ1n) is 6.45. The van der Waals surface area contributed by atoms with E-state index in [2.05, 4.69) is 21.2 Å². The van der Waals surface area contributed by atoms with Crippen molar-refractivity contribution >= 4 is 39.4 Å². The lowest BCUT2D eigenvalue weighted by molar-refractivity contribution is -0.137. The summed E-state index contributed by atoms with van der Waals surface area (Å²) < 4.78 is 0.806. The number of nitrogens with one attached hydrogen (secondary N) is 1. The molecule has 1 aromatic carbocycles. The molecule has 0 aliphatic rings. The topological polar surface area (TPSA) is 66.4 Å². The van der Waals surface area contributed by atoms with E-state index < -0.39 is 5.97 Å². The fraction of sp³-hybridized carbons (Fsp3) is 0.429. The molecule has 0 radical (unpaired) electrons. The smallest absolute Gasteiger partial charge is 0.303 e. The lowest BCUT2D eigenvalue weighted by Gasteiger charge is -2.07. The highest BCUT2D eigenvalue weighted by Gasteiger charge is 2.09. The summed E-state index contributed by atoms with van der Waals surface area (Å²) in [5.74, 6) is -0.954. The van der Waals surface area contributed by atoms with Crippen LogP contribution in [0.25, 0.3) is 0 Å². The van der Waals surface area contributed by atoms with Crippen LogP contribution in [0.4, 0.5) is 0 Å². The summed E-state index contributed by atoms with van der Waals surface area (Å²) in [4.78, 5) is 22.2. The monoisotopic (exact) mass is 361 g/mol. The van der Waals surface area contributed by atoms with Gasteiger partial charge in [0.1, 0.15) is 0 Å². The van der Waals surface area contributed by atoms with E-state index in [1.807, 2.05) is 0 Å². The van der Waals surface area contributed by atoms with Crippen LogP contribution in [0.5, 0.6) is 0 Å². The van der Waals surface area contributed by atoms with Gasteiger partial charge in [-0.25, -0.2) is 0 Å². The summed E-state index contributed by atoms with van der Waals surface area (Å²) in [6, 6.07) is 5.14. The van der Waals surface area contributed by atoms with Crippen molar-refractivity contribution in [1.82, 2.24) is 5.32 Å². The summed E-state index contributed by atoms with van der Waals surface area (Å²) in [5.41, 5.74) is 0.451. The molecule has 0 unspecified atom stereocenters. The Morgan fingerprint density at radius 3 is 2.60 bits per heavy atom. The summed E-state index contributed by atoms with van der Waals surface area (Å²) >= 11 is 9.26. The van der Waals surface area contributed by atoms with E-state index in [-0.39, 0.29) is 12.3 Å². The van der Waals surface area contributed by atoms with E-state index >= 15 is 0 Å². The summed E-state index contributed by atoms with van der Waals surface area (Å²) in [6.45, 7) is 0.564. The average Bonchev–Trinajstić information content (AvgIpc) is 2.39. The van der Waals surface area contributed by atoms with Gasteiger partial charge in [-0.1, -0.05) is 40.4 Å². The second-order valence-corrected chi connectivity index (χ2v) is 5.76. The molecule has 0 atom stereocenters. The Kier molecular flexibility index (Phi) is 7.62. The molecule has 20 heavy (non-hydrogen) atoms. The van der Waals surface area contributed by atoms with Crippen molar-refractivity contribution < 1.29 is 14.7 Å². The Bertz CT molecular complexity index is 479. The van der Waals surface area contributed by atoms with Gasteiger partial charge < -0.3 is 10.4 Å². The molecule has 0 aliphatic carbocycles. The number of carboxylic acids is 1. The molecule has 110 valence electrons. The maximum atomic E-state index is 11.9. The highest BCUT2D eigenvalue weighted by molar-refractivity contribution is 9.10. The SMILES string of the molecule is O=C(O)CCCCCCNC(=O)c1cc(Br)ccc1Cl. The van der Waals surface area contributed by atoms with E-state index in [4.69, 9.17) is 16.7 Å². The van der Waals surface area contributed by atoms with Gasteiger partial charge in [-0.15, -0.1) is 0 Å². The highest BCUT2D eigenvalue weighted by atomic mass is 79.9. The predicted molar refractivity (Wildman–Crippen MR) is 82.2 cm³/mol. The molecule has 0 aromatic heterocycles. The van der Waals surface area contributed by atoms with Gasteiger partial charge in [0.2, 0.25) is 0 Å². The lowest BCUT2D eigenvalue weighted by Crippen LogP contribution is -2.24. The van der Waals surface area contributed by atoms with Gasteiger partial charge in [0.05, 0.1) is 10.6 Å². The Morgan fingerprint density at radius 1 is 1.20 bits per heavy atom. The molecule has 1 rings (SSSR count). The first-order valence-corrected chi connectivity index (χ1v) is 7.63. The minimum Gasteiger partial charge on any atom is -0.481 e. The first-order chi connectivity index (χ1) is 9.50. The quantitative estimate of drug-likeness (QED) is 0.690. The van der Waals surface area contributed by atoms with Crippen molar-refractivity contribution in [1.29, 1.82) is 0 Å². The number of carbonyl (C=O) groups excluding carboxylic acids is 1. The number of carbonyl (C=O) groups is 2. The number of carboxylic acid groups (broad SMARTS) is 1. The number of halogens is 2. The van der Waals surface area contributed by atoms with Crippen LogP contribution in [0.2, 0.25) is 5.02 Å². The maximum absolute atomic E-state index is 11.9. The van der Waals surface area contributed by atoms with E-state index in [1.54, 1.807) is 18.2 Å². The fourth-order valence-electron chi connectivity index (χ4n) is 1.72. The van der Waals surface area contributed by atoms with E-state index in [1.165, 1.54) is 0 Å². The van der Waals surface area contributed by atoms with Gasteiger partial charge >= 0.3 is 5.97 Å². The minimum absolute atomic E-state index is 0.193. The van der Waals surface area contributed by atoms with Crippen molar-refractivity contribution in [2.75, 3.05) is 6.54 Å². The second-order valence-electron chi connectivity index (χ2n) is 4.44. The van der Waals surface area contributed by atoms with Crippen LogP contribution in [-0.4, -0.2) is 23.5 Å². The third-order valence-electron chi connectivity index (χ3n) is 2.78. The second kappa shape index (κ2) is 8.97. The van der Waals surface area contributed by atoms with Crippen molar-refractivity contribution in [3.05, 3.63) is 33.3 Å². The van der Waals surface area contributed by atoms with Gasteiger partial charge in [0.25, 0.3) is 5.91 Å². The molecule has 1 aromatic rings. The zero-order valence-corrected chi connectivity index (χ0v) is 13.3. The molecule has 1 amide bonds. The molecule has 0 fully saturated rings. The number of benzene rings is 1. The van der Waals surface area contributed by atoms with Gasteiger partial charge in [-0.2, -0.15) is 0 Å². The van der Waals surface area contributed by atoms with Gasteiger partial charge in [0.15, 0.2) is 0 Å². The van der Waals surface area contributed by atoms with Gasteiger partial charge in [-0.05, 0) is 31.0 Å². The molecule has 0 saturated carbocycles. The highest BCUT2D eigenvalue weighted by Crippen LogP contribution is 2.20. The van der Waals surface area contributed by atoms with Crippen LogP contribution in [0, 0.1) is 0 Å². The number of hydrogen-bond acceptors (Lipinski definition) is 2. The number of unbranched alkanes of at least 4 members (excludes halogenated alkanes) is 3. The van der Waals surface area contributed by atoms with Crippen molar-refractivity contribution in [2.45, 2.75) is 32.1 Å². The number of aliphatic carboxylic acids is 1. The standard InChI is InChI=1S/C14H17BrClNO3/c15-10-6-7-12(16)11(9-10)14(20)17-8-4-2-1-3-5-13(18)19/h6-7,9H,1-5,8H2,(H,17,20)(H,18,19). The number of rotatable bonds is 8. The summed E-state index contributed by atoms with van der Waals surface area (Å²) in [5, 5.41) is 11.7. The van der Waals surface area contributed by atoms with Gasteiger partial charge in [0, 0.05) is 17.4 Å². The first kappa shape index (κ1) is 17.0. The number of amides is 1. The zero-order valence-electron chi connectivity index (χ0n) is 11.0. The van der Waals surface area contributed by atoms with Crippen LogP contribution < -0.4 is 5.32 Å². The van der Waals surface area contributed by atoms with E-state index in [0.717, 1.165) is 23.7 Å². The zero-order chi connectivity index (χ0) is 15.0. The van der Waals surface area contributed by atoms with Crippen molar-refractivity contribution in [3.8, 4) is 0 Å². The van der Waals surface area contributed by atoms with Gasteiger partial charge in [-0.3, -0.25) is 9.59 Å². The Balaban J connectivity index is 2.23. The molecule has 0 saturated heterocycles. The maximum Gasteiger partial charge on any atom is 0.303 e. The predicted octanol–water partition coefficient (Wildman–Crippen LogP) is 3.87. The third-order valence-corrected chi connectivity index (χ3v) is 3.60. The Hall–Kier alpha value is -1.07. The minimum atomic E-state index is -0.761. The van der Waals surface area contributed by atoms with Crippen LogP contribution >= 0.6 is 27.5 Å². The normalized spacial score (nSPS) is 10.3. The average molecular weight is 363 g/mol. The summed E-state index contributed by atoms with van der Waals surface area (Å²) in [6.07, 6.45) is 3.48. The van der Waals surface area contributed by atoms with Crippen LogP contribution in [-0.2, 0) is 4.79 Å². The Labute approximate surface area is 131 Å². The van der Waals surface area contributed by atoms with Crippen LogP contribution in [0.15, 0.2) is 22.7 Å². The molecule has 0 heterocycles. The fourth-order valence-corrected chi connectivity index (χ4v) is 2.29. The van der Waals surface area contributed by atoms with E-state index in [9.17, 15) is 9.59 Å². The molecule has 0 bridgehead atoms. The largest absolute Gasteiger partial charge is 0.481 e. The number of hydrogen-bond donors (Lipinski definition) is 2. The lowest BCUT2D eigenvalue weighted by atomic mass is 10.1. The van der Waals surface area contributed by atoms with Crippen molar-refractivity contribution in [2.24, 2.45) is 0 Å². The molecule has 0 aliphatic heterocycles. The van der Waals surface area contributed by atoms with Crippen LogP contribution in [0.3, 0.4) is 0 Å². The van der Waals surface area contributed by atoms with E-state index in [0.29, 0.717) is 23.6 Å². The molecule has 6 heteroatoms. The Morgan fingerprint density at radius 2 is 1.90 bits per heavy atom. The molecular formula is C14H17BrClNO3. The summed E-state index contributed by atoms with van der Waals surface area (Å²) in [7, 11) is 0. The molecule has 4 nitrogen and oxygen atoms in total. The third kappa shape index (κ3) is 6.39.